The van der Waals surface area contributed by atoms with Crippen LogP contribution in [-0.2, 0) is 17.1 Å². The first-order chi connectivity index (χ1) is 7.93. The molecule has 0 unspecified atom stereocenters. The van der Waals surface area contributed by atoms with Crippen LogP contribution in [0.2, 0.25) is 0 Å². The minimum atomic E-state index is -3.77. The van der Waals surface area contributed by atoms with E-state index in [1.807, 2.05) is 0 Å². The van der Waals surface area contributed by atoms with Gasteiger partial charge in [-0.2, -0.15) is 9.40 Å². The van der Waals surface area contributed by atoms with Crippen molar-refractivity contribution in [1.82, 2.24) is 14.1 Å². The topological polar surface area (TPSA) is 92.5 Å². The van der Waals surface area contributed by atoms with Crippen LogP contribution in [0.25, 0.3) is 0 Å². The summed E-state index contributed by atoms with van der Waals surface area (Å²) in [6.07, 6.45) is 2.80. The lowest BCUT2D eigenvalue weighted by molar-refractivity contribution is 0.0692. The standard InChI is InChI=1S/C9H13N3O4S/c1-11-6-7(9(13)14)8(10-11)17(15,16)12-4-2-3-5-12/h6H,2-5H2,1H3,(H,13,14). The van der Waals surface area contributed by atoms with E-state index in [9.17, 15) is 13.2 Å². The van der Waals surface area contributed by atoms with Crippen molar-refractivity contribution in [2.45, 2.75) is 17.9 Å². The van der Waals surface area contributed by atoms with Crippen molar-refractivity contribution in [2.24, 2.45) is 7.05 Å². The molecule has 0 aliphatic carbocycles. The minimum absolute atomic E-state index is 0.278. The van der Waals surface area contributed by atoms with Gasteiger partial charge in [-0.25, -0.2) is 13.2 Å². The van der Waals surface area contributed by atoms with Crippen LogP contribution in [0.5, 0.6) is 0 Å². The van der Waals surface area contributed by atoms with E-state index >= 15 is 0 Å². The Labute approximate surface area is 98.7 Å². The average molecular weight is 259 g/mol. The molecule has 1 aliphatic rings. The summed E-state index contributed by atoms with van der Waals surface area (Å²) in [5.41, 5.74) is -0.278. The van der Waals surface area contributed by atoms with Crippen LogP contribution in [0, 0.1) is 0 Å². The van der Waals surface area contributed by atoms with Crippen LogP contribution in [-0.4, -0.2) is 46.7 Å². The number of carboxylic acid groups (broad SMARTS) is 1. The van der Waals surface area contributed by atoms with Crippen LogP contribution in [0.1, 0.15) is 23.2 Å². The Bertz CT molecular complexity index is 543. The van der Waals surface area contributed by atoms with Crippen molar-refractivity contribution >= 4 is 16.0 Å². The van der Waals surface area contributed by atoms with Crippen LogP contribution in [0.4, 0.5) is 0 Å². The summed E-state index contributed by atoms with van der Waals surface area (Å²) in [7, 11) is -2.28. The van der Waals surface area contributed by atoms with E-state index in [-0.39, 0.29) is 10.6 Å². The van der Waals surface area contributed by atoms with Gasteiger partial charge in [-0.3, -0.25) is 4.68 Å². The lowest BCUT2D eigenvalue weighted by Crippen LogP contribution is -2.29. The van der Waals surface area contributed by atoms with E-state index in [2.05, 4.69) is 5.10 Å². The van der Waals surface area contributed by atoms with Gasteiger partial charge in [0.05, 0.1) is 0 Å². The Balaban J connectivity index is 2.48. The Morgan fingerprint density at radius 3 is 2.53 bits per heavy atom. The van der Waals surface area contributed by atoms with Gasteiger partial charge in [-0.05, 0) is 12.8 Å². The predicted octanol–water partition coefficient (Wildman–Crippen LogP) is -0.0972. The van der Waals surface area contributed by atoms with E-state index in [1.165, 1.54) is 22.2 Å². The van der Waals surface area contributed by atoms with Gasteiger partial charge in [0, 0.05) is 26.3 Å². The zero-order valence-corrected chi connectivity index (χ0v) is 10.1. The third-order valence-electron chi connectivity index (χ3n) is 2.67. The molecule has 0 radical (unpaired) electrons. The molecule has 0 atom stereocenters. The molecule has 1 fully saturated rings. The number of sulfonamides is 1. The molecule has 1 saturated heterocycles. The number of hydrogen-bond acceptors (Lipinski definition) is 4. The van der Waals surface area contributed by atoms with Crippen LogP contribution < -0.4 is 0 Å². The maximum absolute atomic E-state index is 12.2. The Morgan fingerprint density at radius 2 is 2.00 bits per heavy atom. The van der Waals surface area contributed by atoms with Gasteiger partial charge in [-0.15, -0.1) is 0 Å². The molecule has 2 heterocycles. The third kappa shape index (κ3) is 2.05. The van der Waals surface area contributed by atoms with Crippen LogP contribution in [0.3, 0.4) is 0 Å². The number of nitrogens with zero attached hydrogens (tertiary/aromatic N) is 3. The highest BCUT2D eigenvalue weighted by atomic mass is 32.2. The SMILES string of the molecule is Cn1cc(C(=O)O)c(S(=O)(=O)N2CCCC2)n1. The second-order valence-electron chi connectivity index (χ2n) is 3.94. The van der Waals surface area contributed by atoms with Gasteiger partial charge in [-0.1, -0.05) is 0 Å². The largest absolute Gasteiger partial charge is 0.478 e. The number of aryl methyl sites for hydroxylation is 1. The fourth-order valence-corrected chi connectivity index (χ4v) is 3.49. The van der Waals surface area contributed by atoms with Gasteiger partial charge in [0.15, 0.2) is 0 Å². The summed E-state index contributed by atoms with van der Waals surface area (Å²) in [5, 5.41) is 12.3. The molecule has 1 aromatic heterocycles. The maximum atomic E-state index is 12.2. The zero-order chi connectivity index (χ0) is 12.6. The Kier molecular flexibility index (Phi) is 2.92. The first kappa shape index (κ1) is 12.1. The van der Waals surface area contributed by atoms with Crippen molar-refractivity contribution in [1.29, 1.82) is 0 Å². The van der Waals surface area contributed by atoms with Gasteiger partial charge < -0.3 is 5.11 Å². The second-order valence-corrected chi connectivity index (χ2v) is 5.79. The smallest absolute Gasteiger partial charge is 0.340 e. The van der Waals surface area contributed by atoms with Gasteiger partial charge in [0.1, 0.15) is 5.56 Å². The van der Waals surface area contributed by atoms with E-state index in [1.54, 1.807) is 0 Å². The minimum Gasteiger partial charge on any atom is -0.478 e. The zero-order valence-electron chi connectivity index (χ0n) is 9.33. The molecule has 0 bridgehead atoms. The molecule has 17 heavy (non-hydrogen) atoms. The maximum Gasteiger partial charge on any atom is 0.340 e. The first-order valence-electron chi connectivity index (χ1n) is 5.20. The summed E-state index contributed by atoms with van der Waals surface area (Å²) in [6.45, 7) is 0.857. The Morgan fingerprint density at radius 1 is 1.41 bits per heavy atom. The molecule has 2 rings (SSSR count). The predicted molar refractivity (Wildman–Crippen MR) is 58.2 cm³/mol. The molecular formula is C9H13N3O4S. The van der Waals surface area contributed by atoms with E-state index < -0.39 is 16.0 Å². The van der Waals surface area contributed by atoms with Crippen molar-refractivity contribution in [3.05, 3.63) is 11.8 Å². The van der Waals surface area contributed by atoms with Crippen molar-refractivity contribution < 1.29 is 18.3 Å². The molecule has 0 saturated carbocycles. The highest BCUT2D eigenvalue weighted by Gasteiger charge is 2.33. The summed E-state index contributed by atoms with van der Waals surface area (Å²) < 4.78 is 26.8. The monoisotopic (exact) mass is 259 g/mol. The molecule has 0 spiro atoms. The lowest BCUT2D eigenvalue weighted by Gasteiger charge is -2.13. The average Bonchev–Trinajstić information content (AvgIpc) is 2.84. The van der Waals surface area contributed by atoms with E-state index in [0.717, 1.165) is 12.8 Å². The number of rotatable bonds is 3. The lowest BCUT2D eigenvalue weighted by atomic mass is 10.4. The molecule has 1 N–H and O–H groups in total. The van der Waals surface area contributed by atoms with Gasteiger partial charge in [0.2, 0.25) is 5.03 Å². The molecule has 0 aromatic carbocycles. The van der Waals surface area contributed by atoms with Crippen molar-refractivity contribution in [2.75, 3.05) is 13.1 Å². The van der Waals surface area contributed by atoms with Crippen LogP contribution in [0.15, 0.2) is 11.2 Å². The highest BCUT2D eigenvalue weighted by molar-refractivity contribution is 7.89. The summed E-state index contributed by atoms with van der Waals surface area (Å²) >= 11 is 0. The number of aromatic carboxylic acids is 1. The molecule has 0 amide bonds. The Hall–Kier alpha value is -1.41. The highest BCUT2D eigenvalue weighted by Crippen LogP contribution is 2.22. The van der Waals surface area contributed by atoms with Crippen molar-refractivity contribution in [3.63, 3.8) is 0 Å². The van der Waals surface area contributed by atoms with E-state index in [4.69, 9.17) is 5.11 Å². The molecular weight excluding hydrogens is 246 g/mol. The number of carboxylic acids is 1. The van der Waals surface area contributed by atoms with Crippen LogP contribution >= 0.6 is 0 Å². The number of aromatic nitrogens is 2. The number of hydrogen-bond donors (Lipinski definition) is 1. The molecule has 1 aromatic rings. The normalized spacial score (nSPS) is 17.5. The molecule has 1 aliphatic heterocycles. The van der Waals surface area contributed by atoms with Gasteiger partial charge >= 0.3 is 5.97 Å². The quantitative estimate of drug-likeness (QED) is 0.818. The number of carbonyl (C=O) groups is 1. The van der Waals surface area contributed by atoms with Gasteiger partial charge in [0.25, 0.3) is 10.0 Å². The fraction of sp³-hybridized carbons (Fsp3) is 0.556. The summed E-state index contributed by atoms with van der Waals surface area (Å²) in [6, 6.07) is 0. The summed E-state index contributed by atoms with van der Waals surface area (Å²) in [4.78, 5) is 11.0. The molecule has 8 heteroatoms. The fourth-order valence-electron chi connectivity index (χ4n) is 1.86. The summed E-state index contributed by atoms with van der Waals surface area (Å²) in [5.74, 6) is -1.28. The third-order valence-corrected chi connectivity index (χ3v) is 4.51. The van der Waals surface area contributed by atoms with Crippen molar-refractivity contribution in [3.8, 4) is 0 Å². The van der Waals surface area contributed by atoms with E-state index in [0.29, 0.717) is 13.1 Å². The molecule has 7 nitrogen and oxygen atoms in total. The molecule has 94 valence electrons. The second kappa shape index (κ2) is 4.11. The first-order valence-corrected chi connectivity index (χ1v) is 6.64.